The van der Waals surface area contributed by atoms with Crippen molar-refractivity contribution in [3.8, 4) is 45.0 Å². The van der Waals surface area contributed by atoms with Gasteiger partial charge in [0.2, 0.25) is 28.7 Å². The first-order valence-electron chi connectivity index (χ1n) is 48.3. The van der Waals surface area contributed by atoms with E-state index in [1.165, 1.54) is 30.4 Å². The number of amides is 2. The van der Waals surface area contributed by atoms with E-state index in [2.05, 4.69) is 125 Å². The summed E-state index contributed by atoms with van der Waals surface area (Å²) in [5, 5.41) is 2.29. The Bertz CT molecular complexity index is 6410. The van der Waals surface area contributed by atoms with Crippen LogP contribution in [0.3, 0.4) is 0 Å². The van der Waals surface area contributed by atoms with Crippen molar-refractivity contribution in [1.82, 2.24) is 49.7 Å². The van der Waals surface area contributed by atoms with Gasteiger partial charge in [0.1, 0.15) is 23.8 Å². The van der Waals surface area contributed by atoms with Gasteiger partial charge in [-0.15, -0.1) is 0 Å². The van der Waals surface area contributed by atoms with Crippen molar-refractivity contribution in [2.24, 2.45) is 47.3 Å². The summed E-state index contributed by atoms with van der Waals surface area (Å²) >= 11 is 0. The number of quaternary nitrogens is 1. The molecule has 4 aromatic carbocycles. The molecule has 2 fully saturated rings. The quantitative estimate of drug-likeness (QED) is 0.139. The normalized spacial score (nSPS) is 26.6. The minimum Gasteiger partial charge on any atom is -1.00 e. The Labute approximate surface area is 799 Å². The molecule has 2 amide bonds. The maximum Gasteiger partial charge on any atom is 0.410 e. The number of benzene rings is 4. The molecule has 0 radical (unpaired) electrons. The van der Waals surface area contributed by atoms with Crippen LogP contribution in [0.5, 0.6) is 0 Å². The van der Waals surface area contributed by atoms with E-state index in [0.717, 1.165) is 204 Å². The number of hydrogen-bond acceptors (Lipinski definition) is 15. The molecule has 23 heteroatoms. The topological polar surface area (TPSA) is 255 Å². The van der Waals surface area contributed by atoms with E-state index in [9.17, 15) is 28.8 Å². The van der Waals surface area contributed by atoms with Crippen LogP contribution in [0.25, 0.3) is 75.6 Å². The number of allylic oxidation sites excluding steroid dienone is 8. The summed E-state index contributed by atoms with van der Waals surface area (Å²) in [6.45, 7) is 58.4. The van der Waals surface area contributed by atoms with Crippen LogP contribution in [0.15, 0.2) is 181 Å². The molecule has 0 unspecified atom stereocenters. The Balaban J connectivity index is 0.000000131. The summed E-state index contributed by atoms with van der Waals surface area (Å²) in [5.41, 5.74) is 17.2. The Hall–Kier alpha value is -12.7. The monoisotopic (exact) mass is 1820 g/mol. The zero-order chi connectivity index (χ0) is 94.5. The fourth-order valence-electron chi connectivity index (χ4n) is 24.1. The molecule has 1 saturated heterocycles. The molecular weight excluding hydrogens is 1700 g/mol. The van der Waals surface area contributed by atoms with Gasteiger partial charge in [-0.3, -0.25) is 4.79 Å². The molecule has 12 aliphatic rings. The van der Waals surface area contributed by atoms with Gasteiger partial charge in [0.25, 0.3) is 0 Å². The Kier molecular flexibility index (Phi) is 27.5. The number of ether oxygens (including phenoxy) is 1. The first kappa shape index (κ1) is 95.4. The van der Waals surface area contributed by atoms with Gasteiger partial charge in [0.05, 0.1) is 84.9 Å². The van der Waals surface area contributed by atoms with Gasteiger partial charge in [-0.1, -0.05) is 232 Å². The van der Waals surface area contributed by atoms with E-state index in [-0.39, 0.29) is 124 Å². The summed E-state index contributed by atoms with van der Waals surface area (Å²) in [4.78, 5) is 135. The standard InChI is InChI=1S/C31H34N4O3.C28H30N4O2.C27H29N3O.C26H26N4O.ClH/c1-19-23-15-14-22-25(20-11-8-7-9-12-20)33-28(34-27(22)31(23,5)17-24(32-6)26(19)36)21-13-10-16-35(18-21)29(37)38-30(2,3)4;1-17-22-11-10-21-24(19-8-6-5-7-9-19)30-27(20-12-14-32(15-13-20)18(2)33)31-26(21)28(22,3)16-23(29-4)25(17)34;1-17-21-15-14-20-23(18-10-6-4-7-11-18)29-26(19-12-8-5-9-13-19)30-25(20)27(21,2)16-22(28-3)24(17)31;1-16-20-12-11-19-22(17-8-5-4-6-9-17)29-25(18-10-7-13-28-15-18)30-24(19)26(20,2)14-21(27-3)23(16)31;/h7-9,11-13,17,19,23H,10,14-16,18H2,1-5H3;5-9,16-17,20,22H,10-15H2,1-3H3;4,6-7,10-11,16-17,19,21H,5,8-9,12-15H2,1-2H3;4-6,8-10,14,16,20,28H,7,11-13,15H2,1-2H3;1H/t19-,23-,31-;17-,22-,28-;17-,21-,27-;16-,20-,26-;/m1111./s1. The van der Waals surface area contributed by atoms with Crippen LogP contribution in [0.2, 0.25) is 0 Å². The SMILES string of the molecule is [C-]#[N+]C1=C[C@@]2(C)c3nc(C4=CCCN(C(=O)OC(C)(C)C)C4)nc(-c4ccccc4)c3CC[C@@H]2[C@@H](C)C1=O.[C-]#[N+]C1=C[C@@]2(C)c3nc(C4=CCC[NH2+]C4)nc(-c4ccccc4)c3CC[C@@H]2[C@@H](C)C1=O.[C-]#[N+]C1=C[C@@]2(C)c3nc(C4CCCCC4)nc(-c4ccccc4)c3CC[C@@H]2[C@@H](C)C1=O.[C-]#[N+]C1=C[C@@]2(C)c3nc(C4CCN(C(C)=O)CC4)nc(-c4ccccc4)c3CC[C@@H]2[C@@H](C)C1=O.[Cl-]. The fourth-order valence-corrected chi connectivity index (χ4v) is 24.1. The molecule has 135 heavy (non-hydrogen) atoms. The average molecular weight is 1820 g/mol. The second-order valence-corrected chi connectivity index (χ2v) is 40.6. The third-order valence-corrected chi connectivity index (χ3v) is 31.3. The largest absolute Gasteiger partial charge is 1.00 e. The smallest absolute Gasteiger partial charge is 0.410 e. The van der Waals surface area contributed by atoms with Gasteiger partial charge in [0, 0.05) is 146 Å². The number of Topliss-reactive ketones (excluding diaryl/α,β-unsaturated/α-hetero) is 4. The molecule has 1 saturated carbocycles. The molecule has 0 spiro atoms. The first-order chi connectivity index (χ1) is 64.4. The molecule has 7 heterocycles. The number of ketones is 4. The van der Waals surface area contributed by atoms with Gasteiger partial charge < -0.3 is 51.4 Å². The maximum absolute atomic E-state index is 12.9. The van der Waals surface area contributed by atoms with E-state index < -0.39 is 27.3 Å². The highest BCUT2D eigenvalue weighted by Crippen LogP contribution is 2.57. The summed E-state index contributed by atoms with van der Waals surface area (Å²) in [5.74, 6) is 3.41. The fraction of sp³-hybridized carbons (Fsp3) is 0.446. The Morgan fingerprint density at radius 2 is 0.741 bits per heavy atom. The minimum absolute atomic E-state index is 0. The predicted octanol–water partition coefficient (Wildman–Crippen LogP) is 17.1. The Morgan fingerprint density at radius 1 is 0.415 bits per heavy atom. The van der Waals surface area contributed by atoms with Crippen LogP contribution >= 0.6 is 0 Å². The zero-order valence-corrected chi connectivity index (χ0v) is 80.4. The molecule has 8 aromatic rings. The van der Waals surface area contributed by atoms with Gasteiger partial charge in [-0.05, 0) is 128 Å². The van der Waals surface area contributed by atoms with Crippen molar-refractivity contribution in [3.05, 3.63) is 295 Å². The van der Waals surface area contributed by atoms with Crippen molar-refractivity contribution in [1.29, 1.82) is 0 Å². The van der Waals surface area contributed by atoms with Gasteiger partial charge in [-0.25, -0.2) is 64.0 Å². The van der Waals surface area contributed by atoms with Crippen LogP contribution in [-0.2, 0) is 76.1 Å². The summed E-state index contributed by atoms with van der Waals surface area (Å²) < 4.78 is 5.63. The number of rotatable bonds is 8. The van der Waals surface area contributed by atoms with Crippen molar-refractivity contribution < 1.29 is 51.2 Å². The molecule has 0 bridgehead atoms. The number of carbonyl (C=O) groups is 6. The molecule has 12 atom stereocenters. The molecular formula is C112H120ClN15O7. The van der Waals surface area contributed by atoms with E-state index in [0.29, 0.717) is 44.3 Å². The van der Waals surface area contributed by atoms with Crippen LogP contribution in [-0.4, -0.2) is 130 Å². The third kappa shape index (κ3) is 18.2. The van der Waals surface area contributed by atoms with Gasteiger partial charge >= 0.3 is 6.09 Å². The summed E-state index contributed by atoms with van der Waals surface area (Å²) in [6, 6.07) is 41.1. The second-order valence-electron chi connectivity index (χ2n) is 40.6. The molecule has 22 nitrogen and oxygen atoms in total. The van der Waals surface area contributed by atoms with Gasteiger partial charge in [0.15, 0.2) is 34.8 Å². The number of carbonyl (C=O) groups excluding carboxylic acids is 6. The average Bonchev–Trinajstić information content (AvgIpc) is 0.733. The molecule has 9 aliphatic carbocycles. The van der Waals surface area contributed by atoms with Gasteiger partial charge in [-0.2, -0.15) is 0 Å². The van der Waals surface area contributed by atoms with Crippen LogP contribution in [0.4, 0.5) is 4.79 Å². The number of likely N-dealkylation sites (tertiary alicyclic amines) is 1. The summed E-state index contributed by atoms with van der Waals surface area (Å²) in [6.07, 6.45) is 27.8. The van der Waals surface area contributed by atoms with Crippen LogP contribution in [0, 0.1) is 73.6 Å². The lowest BCUT2D eigenvalue weighted by Gasteiger charge is -2.46. The molecule has 20 rings (SSSR count). The Morgan fingerprint density at radius 3 is 1.07 bits per heavy atom. The number of aromatic nitrogens is 8. The van der Waals surface area contributed by atoms with Crippen molar-refractivity contribution in [2.75, 3.05) is 39.3 Å². The maximum atomic E-state index is 12.9. The first-order valence-corrected chi connectivity index (χ1v) is 48.3. The van der Waals surface area contributed by atoms with Crippen molar-refractivity contribution in [2.45, 2.75) is 231 Å². The number of hydrogen-bond donors (Lipinski definition) is 1. The van der Waals surface area contributed by atoms with Crippen molar-refractivity contribution >= 4 is 46.3 Å². The predicted molar refractivity (Wildman–Crippen MR) is 517 cm³/mol. The second kappa shape index (κ2) is 38.9. The number of piperidine rings is 1. The van der Waals surface area contributed by atoms with Crippen molar-refractivity contribution in [3.63, 3.8) is 0 Å². The lowest BCUT2D eigenvalue weighted by Crippen LogP contribution is -3.00. The van der Waals surface area contributed by atoms with E-state index in [1.54, 1.807) is 11.8 Å². The van der Waals surface area contributed by atoms with E-state index >= 15 is 0 Å². The third-order valence-electron chi connectivity index (χ3n) is 31.3. The number of halogens is 1. The number of nitrogens with two attached hydrogens (primary N) is 1. The van der Waals surface area contributed by atoms with E-state index in [4.69, 9.17) is 70.9 Å². The molecule has 692 valence electrons. The highest BCUT2D eigenvalue weighted by atomic mass is 35.5. The number of nitrogens with zero attached hydrogens (tertiary/aromatic N) is 14. The lowest BCUT2D eigenvalue weighted by molar-refractivity contribution is -0.645. The highest BCUT2D eigenvalue weighted by molar-refractivity contribution is 6.03. The highest BCUT2D eigenvalue weighted by Gasteiger charge is 2.55. The van der Waals surface area contributed by atoms with Crippen LogP contribution < -0.4 is 17.7 Å². The number of fused-ring (bicyclic) bond motifs is 12. The van der Waals surface area contributed by atoms with E-state index in [1.807, 2.05) is 138 Å². The molecule has 3 aliphatic heterocycles. The molecule has 4 aromatic heterocycles. The zero-order valence-electron chi connectivity index (χ0n) is 79.6. The summed E-state index contributed by atoms with van der Waals surface area (Å²) in [7, 11) is 0. The minimum atomic E-state index is -0.577. The lowest BCUT2D eigenvalue weighted by atomic mass is 9.58. The van der Waals surface area contributed by atoms with Crippen LogP contribution in [0.1, 0.15) is 247 Å². The molecule has 2 N–H and O–H groups in total.